The second kappa shape index (κ2) is 3.34. The summed E-state index contributed by atoms with van der Waals surface area (Å²) in [6.07, 6.45) is 3.72. The van der Waals surface area contributed by atoms with Crippen LogP contribution >= 0.6 is 0 Å². The SMILES string of the molecule is CC1=CNC(CNN)C=N1. The van der Waals surface area contributed by atoms with Crippen molar-refractivity contribution < 1.29 is 0 Å². The Kier molecular flexibility index (Phi) is 2.42. The summed E-state index contributed by atoms with van der Waals surface area (Å²) < 4.78 is 0. The van der Waals surface area contributed by atoms with Gasteiger partial charge >= 0.3 is 0 Å². The van der Waals surface area contributed by atoms with Gasteiger partial charge in [-0.05, 0) is 6.92 Å². The molecule has 0 amide bonds. The molecule has 1 unspecified atom stereocenters. The number of nitrogens with two attached hydrogens (primary N) is 1. The van der Waals surface area contributed by atoms with Crippen LogP contribution in [0.4, 0.5) is 0 Å². The summed E-state index contributed by atoms with van der Waals surface area (Å²) >= 11 is 0. The number of rotatable bonds is 2. The number of nitrogens with one attached hydrogen (secondary N) is 2. The van der Waals surface area contributed by atoms with E-state index in [0.29, 0.717) is 6.54 Å². The first-order chi connectivity index (χ1) is 4.83. The quantitative estimate of drug-likeness (QED) is 0.353. The normalized spacial score (nSPS) is 23.8. The molecule has 0 bridgehead atoms. The van der Waals surface area contributed by atoms with E-state index in [0.717, 1.165) is 5.70 Å². The Balaban J connectivity index is 2.37. The Morgan fingerprint density at radius 2 is 2.70 bits per heavy atom. The van der Waals surface area contributed by atoms with E-state index in [-0.39, 0.29) is 6.04 Å². The summed E-state index contributed by atoms with van der Waals surface area (Å²) in [5.74, 6) is 5.12. The van der Waals surface area contributed by atoms with E-state index < -0.39 is 0 Å². The first-order valence-corrected chi connectivity index (χ1v) is 3.23. The first-order valence-electron chi connectivity index (χ1n) is 3.23. The lowest BCUT2D eigenvalue weighted by Gasteiger charge is -2.15. The summed E-state index contributed by atoms with van der Waals surface area (Å²) in [6.45, 7) is 2.64. The molecule has 1 atom stereocenters. The second-order valence-electron chi connectivity index (χ2n) is 2.25. The molecule has 0 radical (unpaired) electrons. The molecular formula is C6H12N4. The van der Waals surface area contributed by atoms with Gasteiger partial charge in [-0.2, -0.15) is 0 Å². The van der Waals surface area contributed by atoms with Crippen LogP contribution in [-0.2, 0) is 0 Å². The molecule has 1 aliphatic rings. The predicted molar refractivity (Wildman–Crippen MR) is 41.4 cm³/mol. The minimum absolute atomic E-state index is 0.230. The number of hydrogen-bond donors (Lipinski definition) is 3. The van der Waals surface area contributed by atoms with Crippen LogP contribution in [0.25, 0.3) is 0 Å². The maximum Gasteiger partial charge on any atom is 0.0749 e. The number of allylic oxidation sites excluding steroid dienone is 1. The fourth-order valence-electron chi connectivity index (χ4n) is 0.754. The number of hydrogen-bond acceptors (Lipinski definition) is 4. The van der Waals surface area contributed by atoms with Crippen molar-refractivity contribution in [1.29, 1.82) is 0 Å². The monoisotopic (exact) mass is 140 g/mol. The summed E-state index contributed by atoms with van der Waals surface area (Å²) in [6, 6.07) is 0.230. The Morgan fingerprint density at radius 3 is 3.20 bits per heavy atom. The van der Waals surface area contributed by atoms with Crippen LogP contribution in [0.15, 0.2) is 16.9 Å². The second-order valence-corrected chi connectivity index (χ2v) is 2.25. The van der Waals surface area contributed by atoms with Gasteiger partial charge in [0.1, 0.15) is 0 Å². The van der Waals surface area contributed by atoms with Crippen molar-refractivity contribution in [1.82, 2.24) is 10.7 Å². The zero-order valence-corrected chi connectivity index (χ0v) is 5.96. The van der Waals surface area contributed by atoms with E-state index in [2.05, 4.69) is 15.7 Å². The minimum Gasteiger partial charge on any atom is -0.380 e. The highest BCUT2D eigenvalue weighted by atomic mass is 15.2. The largest absolute Gasteiger partial charge is 0.380 e. The zero-order chi connectivity index (χ0) is 7.40. The van der Waals surface area contributed by atoms with Crippen LogP contribution in [-0.4, -0.2) is 18.8 Å². The first kappa shape index (κ1) is 7.24. The molecule has 1 heterocycles. The highest BCUT2D eigenvalue weighted by molar-refractivity contribution is 5.67. The maximum atomic E-state index is 5.12. The van der Waals surface area contributed by atoms with Crippen molar-refractivity contribution >= 4 is 6.21 Å². The molecule has 4 heteroatoms. The van der Waals surface area contributed by atoms with Gasteiger partial charge in [0.2, 0.25) is 0 Å². The van der Waals surface area contributed by atoms with Crippen molar-refractivity contribution in [3.63, 3.8) is 0 Å². The number of aliphatic imine (C=N–C) groups is 1. The van der Waals surface area contributed by atoms with Crippen LogP contribution in [0, 0.1) is 0 Å². The van der Waals surface area contributed by atoms with E-state index in [1.54, 1.807) is 0 Å². The third kappa shape index (κ3) is 1.82. The van der Waals surface area contributed by atoms with Crippen molar-refractivity contribution in [3.05, 3.63) is 11.9 Å². The zero-order valence-electron chi connectivity index (χ0n) is 5.96. The lowest BCUT2D eigenvalue weighted by atomic mass is 10.3. The average molecular weight is 140 g/mol. The molecule has 0 saturated carbocycles. The third-order valence-electron chi connectivity index (χ3n) is 1.30. The van der Waals surface area contributed by atoms with Gasteiger partial charge in [-0.25, -0.2) is 0 Å². The summed E-state index contributed by atoms with van der Waals surface area (Å²) in [5.41, 5.74) is 3.56. The molecule has 0 fully saturated rings. The highest BCUT2D eigenvalue weighted by Crippen LogP contribution is 1.96. The molecule has 1 rings (SSSR count). The standard InChI is InChI=1S/C6H12N4/c1-5-2-9-6(3-8-5)4-10-7/h2-3,6,9-10H,4,7H2,1H3. The number of nitrogens with zero attached hydrogens (tertiary/aromatic N) is 1. The summed E-state index contributed by atoms with van der Waals surface area (Å²) in [5, 5.41) is 3.12. The van der Waals surface area contributed by atoms with Crippen LogP contribution < -0.4 is 16.6 Å². The average Bonchev–Trinajstić information content (AvgIpc) is 1.95. The van der Waals surface area contributed by atoms with E-state index in [1.807, 2.05) is 19.3 Å². The highest BCUT2D eigenvalue weighted by Gasteiger charge is 2.04. The Hall–Kier alpha value is -0.870. The van der Waals surface area contributed by atoms with Crippen LogP contribution in [0.5, 0.6) is 0 Å². The van der Waals surface area contributed by atoms with Gasteiger partial charge in [0.15, 0.2) is 0 Å². The van der Waals surface area contributed by atoms with E-state index >= 15 is 0 Å². The van der Waals surface area contributed by atoms with Gasteiger partial charge in [0, 0.05) is 19.0 Å². The molecule has 0 aliphatic carbocycles. The van der Waals surface area contributed by atoms with Crippen molar-refractivity contribution in [3.8, 4) is 0 Å². The Morgan fingerprint density at radius 1 is 1.90 bits per heavy atom. The predicted octanol–water partition coefficient (Wildman–Crippen LogP) is -0.646. The van der Waals surface area contributed by atoms with Crippen LogP contribution in [0.3, 0.4) is 0 Å². The molecule has 0 aromatic rings. The van der Waals surface area contributed by atoms with Crippen molar-refractivity contribution in [2.24, 2.45) is 10.8 Å². The van der Waals surface area contributed by atoms with E-state index in [9.17, 15) is 0 Å². The molecule has 0 aromatic carbocycles. The molecule has 0 spiro atoms. The fraction of sp³-hybridized carbons (Fsp3) is 0.500. The molecule has 10 heavy (non-hydrogen) atoms. The van der Waals surface area contributed by atoms with Gasteiger partial charge in [-0.15, -0.1) is 0 Å². The lowest BCUT2D eigenvalue weighted by Crippen LogP contribution is -2.41. The smallest absolute Gasteiger partial charge is 0.0749 e. The van der Waals surface area contributed by atoms with Gasteiger partial charge < -0.3 is 5.32 Å². The molecule has 56 valence electrons. The van der Waals surface area contributed by atoms with Crippen molar-refractivity contribution in [2.75, 3.05) is 6.54 Å². The van der Waals surface area contributed by atoms with Gasteiger partial charge in [0.05, 0.1) is 11.7 Å². The lowest BCUT2D eigenvalue weighted by molar-refractivity contribution is 0.633. The van der Waals surface area contributed by atoms with E-state index in [4.69, 9.17) is 5.84 Å². The Bertz CT molecular complexity index is 161. The summed E-state index contributed by atoms with van der Waals surface area (Å²) in [4.78, 5) is 4.11. The van der Waals surface area contributed by atoms with Crippen LogP contribution in [0.1, 0.15) is 6.92 Å². The molecule has 1 aliphatic heterocycles. The van der Waals surface area contributed by atoms with Gasteiger partial charge in [-0.1, -0.05) is 0 Å². The Labute approximate surface area is 60.2 Å². The van der Waals surface area contributed by atoms with Gasteiger partial charge in [0.25, 0.3) is 0 Å². The summed E-state index contributed by atoms with van der Waals surface area (Å²) in [7, 11) is 0. The molecule has 0 aromatic heterocycles. The minimum atomic E-state index is 0.230. The topological polar surface area (TPSA) is 62.4 Å². The van der Waals surface area contributed by atoms with Crippen molar-refractivity contribution in [2.45, 2.75) is 13.0 Å². The van der Waals surface area contributed by atoms with Gasteiger partial charge in [-0.3, -0.25) is 16.3 Å². The molecular weight excluding hydrogens is 128 g/mol. The van der Waals surface area contributed by atoms with E-state index in [1.165, 1.54) is 0 Å². The third-order valence-corrected chi connectivity index (χ3v) is 1.30. The molecule has 0 saturated heterocycles. The molecule has 4 nitrogen and oxygen atoms in total. The number of hydrazine groups is 1. The van der Waals surface area contributed by atoms with Crippen LogP contribution in [0.2, 0.25) is 0 Å². The maximum absolute atomic E-state index is 5.12. The fourth-order valence-corrected chi connectivity index (χ4v) is 0.754. The molecule has 4 N–H and O–H groups in total.